The highest BCUT2D eigenvalue weighted by molar-refractivity contribution is 7.92. The van der Waals surface area contributed by atoms with Crippen LogP contribution in [0.1, 0.15) is 55.9 Å². The number of amides is 2. The Hall–Kier alpha value is -3.65. The van der Waals surface area contributed by atoms with E-state index in [1.807, 2.05) is 71.9 Å². The van der Waals surface area contributed by atoms with E-state index in [9.17, 15) is 18.0 Å². The molecule has 0 spiro atoms. The minimum atomic E-state index is -4.08. The topological polar surface area (TPSA) is 86.8 Å². The zero-order chi connectivity index (χ0) is 29.4. The fourth-order valence-electron chi connectivity index (χ4n) is 4.46. The number of nitrogens with one attached hydrogen (secondary N) is 1. The van der Waals surface area contributed by atoms with Gasteiger partial charge in [-0.15, -0.1) is 0 Å². The largest absolute Gasteiger partial charge is 0.352 e. The van der Waals surface area contributed by atoms with Crippen LogP contribution in [0, 0.1) is 20.8 Å². The Morgan fingerprint density at radius 3 is 2.08 bits per heavy atom. The summed E-state index contributed by atoms with van der Waals surface area (Å²) in [6, 6.07) is 20.3. The molecule has 0 bridgehead atoms. The van der Waals surface area contributed by atoms with Crippen LogP contribution in [0.3, 0.4) is 0 Å². The molecule has 8 heteroatoms. The Morgan fingerprint density at radius 2 is 1.48 bits per heavy atom. The number of sulfonamides is 1. The van der Waals surface area contributed by atoms with Gasteiger partial charge in [0.1, 0.15) is 12.6 Å². The third-order valence-electron chi connectivity index (χ3n) is 7.38. The molecule has 0 radical (unpaired) electrons. The highest BCUT2D eigenvalue weighted by Crippen LogP contribution is 2.27. The number of carbonyl (C=O) groups is 2. The van der Waals surface area contributed by atoms with Crippen LogP contribution < -0.4 is 9.62 Å². The molecule has 0 saturated carbocycles. The maximum Gasteiger partial charge on any atom is 0.264 e. The van der Waals surface area contributed by atoms with E-state index >= 15 is 0 Å². The second-order valence-electron chi connectivity index (χ2n) is 10.3. The summed E-state index contributed by atoms with van der Waals surface area (Å²) in [5, 5.41) is 3.01. The number of carbonyl (C=O) groups excluding carboxylic acids is 2. The Kier molecular flexibility index (Phi) is 10.5. The summed E-state index contributed by atoms with van der Waals surface area (Å²) in [6.07, 6.45) is 1.14. The number of nitrogens with zero attached hydrogens (tertiary/aromatic N) is 2. The molecule has 0 aliphatic rings. The van der Waals surface area contributed by atoms with Gasteiger partial charge in [-0.25, -0.2) is 8.42 Å². The summed E-state index contributed by atoms with van der Waals surface area (Å²) in [4.78, 5) is 29.2. The van der Waals surface area contributed by atoms with Crippen molar-refractivity contribution >= 4 is 27.5 Å². The molecule has 7 nitrogen and oxygen atoms in total. The Labute approximate surface area is 239 Å². The van der Waals surface area contributed by atoms with Crippen LogP contribution in [-0.2, 0) is 26.2 Å². The standard InChI is InChI=1S/C32H41N3O4S/c1-7-26(6)33-32(37)30(8-2)34(21-27-15-13-12-14-24(27)4)31(36)22-35(28-19-18-23(3)25(5)20-28)40(38,39)29-16-10-9-11-17-29/h9-20,26,30H,7-8,21-22H2,1-6H3,(H,33,37)/t26-,30+/m1/s1. The van der Waals surface area contributed by atoms with Crippen LogP contribution >= 0.6 is 0 Å². The lowest BCUT2D eigenvalue weighted by atomic mass is 10.1. The maximum atomic E-state index is 14.2. The van der Waals surface area contributed by atoms with E-state index in [0.717, 1.165) is 33.0 Å². The van der Waals surface area contributed by atoms with Crippen LogP contribution in [0.5, 0.6) is 0 Å². The number of aryl methyl sites for hydroxylation is 3. The van der Waals surface area contributed by atoms with E-state index in [-0.39, 0.29) is 23.4 Å². The Balaban J connectivity index is 2.08. The summed E-state index contributed by atoms with van der Waals surface area (Å²) < 4.78 is 29.0. The van der Waals surface area contributed by atoms with Gasteiger partial charge in [0.05, 0.1) is 10.6 Å². The molecular weight excluding hydrogens is 522 g/mol. The maximum absolute atomic E-state index is 14.2. The van der Waals surface area contributed by atoms with Gasteiger partial charge in [0.15, 0.2) is 0 Å². The fraction of sp³-hybridized carbons (Fsp3) is 0.375. The third-order valence-corrected chi connectivity index (χ3v) is 9.17. The first-order valence-corrected chi connectivity index (χ1v) is 15.2. The monoisotopic (exact) mass is 563 g/mol. The van der Waals surface area contributed by atoms with Crippen molar-refractivity contribution in [3.63, 3.8) is 0 Å². The van der Waals surface area contributed by atoms with Crippen molar-refractivity contribution in [3.05, 3.63) is 95.1 Å². The van der Waals surface area contributed by atoms with Gasteiger partial charge in [0.2, 0.25) is 11.8 Å². The van der Waals surface area contributed by atoms with Gasteiger partial charge >= 0.3 is 0 Å². The highest BCUT2D eigenvalue weighted by Gasteiger charge is 2.34. The molecule has 2 atom stereocenters. The second-order valence-corrected chi connectivity index (χ2v) is 12.1. The summed E-state index contributed by atoms with van der Waals surface area (Å²) in [7, 11) is -4.08. The van der Waals surface area contributed by atoms with Crippen molar-refractivity contribution in [1.29, 1.82) is 0 Å². The molecule has 0 aliphatic carbocycles. The fourth-order valence-corrected chi connectivity index (χ4v) is 5.89. The van der Waals surface area contributed by atoms with Crippen molar-refractivity contribution in [2.45, 2.75) is 77.9 Å². The molecule has 2 amide bonds. The van der Waals surface area contributed by atoms with E-state index in [2.05, 4.69) is 5.32 Å². The van der Waals surface area contributed by atoms with Crippen molar-refractivity contribution in [3.8, 4) is 0 Å². The van der Waals surface area contributed by atoms with Crippen LogP contribution in [0.25, 0.3) is 0 Å². The quantitative estimate of drug-likeness (QED) is 0.314. The molecule has 0 aromatic heterocycles. The van der Waals surface area contributed by atoms with Crippen molar-refractivity contribution in [1.82, 2.24) is 10.2 Å². The number of rotatable bonds is 12. The summed E-state index contributed by atoms with van der Waals surface area (Å²) in [5.41, 5.74) is 4.21. The van der Waals surface area contributed by atoms with Crippen molar-refractivity contribution in [2.75, 3.05) is 10.8 Å². The summed E-state index contributed by atoms with van der Waals surface area (Å²) in [6.45, 7) is 11.3. The Morgan fingerprint density at radius 1 is 0.825 bits per heavy atom. The molecular formula is C32H41N3O4S. The van der Waals surface area contributed by atoms with Crippen LogP contribution in [0.4, 0.5) is 5.69 Å². The smallest absolute Gasteiger partial charge is 0.264 e. The third kappa shape index (κ3) is 7.30. The van der Waals surface area contributed by atoms with Crippen LogP contribution in [0.2, 0.25) is 0 Å². The molecule has 3 rings (SSSR count). The lowest BCUT2D eigenvalue weighted by Gasteiger charge is -2.34. The van der Waals surface area contributed by atoms with Gasteiger partial charge < -0.3 is 10.2 Å². The normalized spacial score (nSPS) is 12.8. The number of benzene rings is 3. The van der Waals surface area contributed by atoms with Gasteiger partial charge in [0.25, 0.3) is 10.0 Å². The van der Waals surface area contributed by atoms with Gasteiger partial charge in [-0.3, -0.25) is 13.9 Å². The zero-order valence-corrected chi connectivity index (χ0v) is 25.2. The van der Waals surface area contributed by atoms with Crippen molar-refractivity contribution in [2.24, 2.45) is 0 Å². The van der Waals surface area contributed by atoms with Crippen LogP contribution in [-0.4, -0.2) is 43.8 Å². The molecule has 40 heavy (non-hydrogen) atoms. The van der Waals surface area contributed by atoms with E-state index in [1.165, 1.54) is 17.0 Å². The molecule has 3 aromatic rings. The lowest BCUT2D eigenvalue weighted by molar-refractivity contribution is -0.140. The van der Waals surface area contributed by atoms with E-state index in [0.29, 0.717) is 12.1 Å². The van der Waals surface area contributed by atoms with E-state index in [1.54, 1.807) is 30.3 Å². The average molecular weight is 564 g/mol. The predicted octanol–water partition coefficient (Wildman–Crippen LogP) is 5.53. The van der Waals surface area contributed by atoms with Gasteiger partial charge in [-0.2, -0.15) is 0 Å². The van der Waals surface area contributed by atoms with E-state index in [4.69, 9.17) is 0 Å². The second kappa shape index (κ2) is 13.6. The van der Waals surface area contributed by atoms with Gasteiger partial charge in [-0.05, 0) is 87.1 Å². The molecule has 0 heterocycles. The SMILES string of the molecule is CC[C@@H](C)NC(=O)[C@H](CC)N(Cc1ccccc1C)C(=O)CN(c1ccc(C)c(C)c1)S(=O)(=O)c1ccccc1. The van der Waals surface area contributed by atoms with Crippen LogP contribution in [0.15, 0.2) is 77.7 Å². The molecule has 0 fully saturated rings. The van der Waals surface area contributed by atoms with Gasteiger partial charge in [0, 0.05) is 12.6 Å². The number of hydrogen-bond acceptors (Lipinski definition) is 4. The predicted molar refractivity (Wildman–Crippen MR) is 161 cm³/mol. The molecule has 0 saturated heterocycles. The zero-order valence-electron chi connectivity index (χ0n) is 24.3. The Bertz CT molecular complexity index is 1420. The molecule has 0 aliphatic heterocycles. The lowest BCUT2D eigenvalue weighted by Crippen LogP contribution is -2.53. The summed E-state index contributed by atoms with van der Waals surface area (Å²) >= 11 is 0. The minimum Gasteiger partial charge on any atom is -0.352 e. The first-order chi connectivity index (χ1) is 19.0. The highest BCUT2D eigenvalue weighted by atomic mass is 32.2. The van der Waals surface area contributed by atoms with Crippen molar-refractivity contribution < 1.29 is 18.0 Å². The molecule has 214 valence electrons. The first-order valence-electron chi connectivity index (χ1n) is 13.8. The molecule has 0 unspecified atom stereocenters. The molecule has 1 N–H and O–H groups in total. The number of anilines is 1. The number of hydrogen-bond donors (Lipinski definition) is 1. The van der Waals surface area contributed by atoms with Gasteiger partial charge in [-0.1, -0.05) is 62.4 Å². The minimum absolute atomic E-state index is 0.0533. The van der Waals surface area contributed by atoms with E-state index < -0.39 is 28.5 Å². The molecule has 3 aromatic carbocycles. The average Bonchev–Trinajstić information content (AvgIpc) is 2.94. The summed E-state index contributed by atoms with van der Waals surface area (Å²) in [5.74, 6) is -0.699. The first kappa shape index (κ1) is 30.9.